The molecule has 21 heavy (non-hydrogen) atoms. The number of hydrogen-bond donors (Lipinski definition) is 1. The molecule has 0 saturated carbocycles. The molecule has 0 spiro atoms. The molecule has 0 radical (unpaired) electrons. The van der Waals surface area contributed by atoms with E-state index < -0.39 is 0 Å². The van der Waals surface area contributed by atoms with E-state index in [0.717, 1.165) is 29.8 Å². The van der Waals surface area contributed by atoms with Crippen LogP contribution in [0.4, 0.5) is 10.1 Å². The highest BCUT2D eigenvalue weighted by atomic mass is 19.1. The summed E-state index contributed by atoms with van der Waals surface area (Å²) in [6.07, 6.45) is 1.86. The van der Waals surface area contributed by atoms with Crippen LogP contribution in [0.1, 0.15) is 11.1 Å². The van der Waals surface area contributed by atoms with Crippen molar-refractivity contribution in [1.82, 2.24) is 9.55 Å². The molecule has 3 nitrogen and oxygen atoms in total. The molecule has 0 saturated heterocycles. The third kappa shape index (κ3) is 2.89. The quantitative estimate of drug-likeness (QED) is 0.787. The van der Waals surface area contributed by atoms with E-state index in [-0.39, 0.29) is 5.82 Å². The first-order valence-corrected chi connectivity index (χ1v) is 7.05. The standard InChI is InChI=1S/C17H18FN3/c1-12-8-16-17(9-13(12)2)21(11-20-16)7-6-19-15-5-3-4-14(18)10-15/h3-5,8-11,19H,6-7H2,1-2H3. The van der Waals surface area contributed by atoms with Gasteiger partial charge in [0.05, 0.1) is 17.4 Å². The Morgan fingerprint density at radius 3 is 2.76 bits per heavy atom. The van der Waals surface area contributed by atoms with Crippen molar-refractivity contribution in [2.45, 2.75) is 20.4 Å². The van der Waals surface area contributed by atoms with E-state index in [2.05, 4.69) is 40.8 Å². The molecule has 0 amide bonds. The van der Waals surface area contributed by atoms with Crippen molar-refractivity contribution in [1.29, 1.82) is 0 Å². The Morgan fingerprint density at radius 2 is 1.95 bits per heavy atom. The van der Waals surface area contributed by atoms with E-state index >= 15 is 0 Å². The zero-order valence-electron chi connectivity index (χ0n) is 12.2. The smallest absolute Gasteiger partial charge is 0.125 e. The van der Waals surface area contributed by atoms with E-state index in [4.69, 9.17) is 0 Å². The third-order valence-corrected chi connectivity index (χ3v) is 3.74. The van der Waals surface area contributed by atoms with Gasteiger partial charge >= 0.3 is 0 Å². The van der Waals surface area contributed by atoms with Crippen LogP contribution in [0.15, 0.2) is 42.7 Å². The molecule has 1 heterocycles. The van der Waals surface area contributed by atoms with E-state index in [1.165, 1.54) is 23.3 Å². The van der Waals surface area contributed by atoms with Gasteiger partial charge < -0.3 is 9.88 Å². The number of nitrogens with zero attached hydrogens (tertiary/aromatic N) is 2. The second-order valence-electron chi connectivity index (χ2n) is 5.30. The Balaban J connectivity index is 1.72. The zero-order chi connectivity index (χ0) is 14.8. The summed E-state index contributed by atoms with van der Waals surface area (Å²) in [5, 5.41) is 3.23. The van der Waals surface area contributed by atoms with Crippen LogP contribution in [0, 0.1) is 19.7 Å². The van der Waals surface area contributed by atoms with Crippen LogP contribution in [0.3, 0.4) is 0 Å². The number of aromatic nitrogens is 2. The number of nitrogens with one attached hydrogen (secondary N) is 1. The van der Waals surface area contributed by atoms with E-state index in [1.807, 2.05) is 12.4 Å². The van der Waals surface area contributed by atoms with Gasteiger partial charge in [-0.1, -0.05) is 6.07 Å². The van der Waals surface area contributed by atoms with E-state index in [0.29, 0.717) is 0 Å². The molecular formula is C17H18FN3. The van der Waals surface area contributed by atoms with Crippen LogP contribution < -0.4 is 5.32 Å². The van der Waals surface area contributed by atoms with Gasteiger partial charge in [-0.05, 0) is 55.3 Å². The van der Waals surface area contributed by atoms with Crippen molar-refractivity contribution in [3.8, 4) is 0 Å². The largest absolute Gasteiger partial charge is 0.383 e. The summed E-state index contributed by atoms with van der Waals surface area (Å²) in [4.78, 5) is 4.44. The molecule has 3 aromatic rings. The summed E-state index contributed by atoms with van der Waals surface area (Å²) >= 11 is 0. The Hall–Kier alpha value is -2.36. The van der Waals surface area contributed by atoms with Crippen molar-refractivity contribution in [3.05, 3.63) is 59.7 Å². The molecule has 3 rings (SSSR count). The van der Waals surface area contributed by atoms with Gasteiger partial charge in [0.15, 0.2) is 0 Å². The van der Waals surface area contributed by atoms with Crippen LogP contribution in [0.5, 0.6) is 0 Å². The first kappa shape index (κ1) is 13.6. The highest BCUT2D eigenvalue weighted by molar-refractivity contribution is 5.77. The summed E-state index contributed by atoms with van der Waals surface area (Å²) < 4.78 is 15.2. The normalized spacial score (nSPS) is 11.0. The Labute approximate surface area is 123 Å². The maximum atomic E-state index is 13.1. The number of benzene rings is 2. The molecule has 0 aliphatic heterocycles. The number of halogens is 1. The second kappa shape index (κ2) is 5.56. The Kier molecular flexibility index (Phi) is 3.60. The molecular weight excluding hydrogens is 265 g/mol. The van der Waals surface area contributed by atoms with E-state index in [1.54, 1.807) is 6.07 Å². The summed E-state index contributed by atoms with van der Waals surface area (Å²) in [5.74, 6) is -0.223. The van der Waals surface area contributed by atoms with Crippen molar-refractivity contribution >= 4 is 16.7 Å². The lowest BCUT2D eigenvalue weighted by Crippen LogP contribution is -2.09. The minimum atomic E-state index is -0.223. The lowest BCUT2D eigenvalue weighted by atomic mass is 10.1. The van der Waals surface area contributed by atoms with Crippen LogP contribution in [-0.2, 0) is 6.54 Å². The van der Waals surface area contributed by atoms with Crippen molar-refractivity contribution in [2.75, 3.05) is 11.9 Å². The van der Waals surface area contributed by atoms with Crippen LogP contribution in [0.25, 0.3) is 11.0 Å². The molecule has 108 valence electrons. The first-order chi connectivity index (χ1) is 10.1. The number of aryl methyl sites for hydroxylation is 2. The highest BCUT2D eigenvalue weighted by Gasteiger charge is 2.04. The van der Waals surface area contributed by atoms with Crippen LogP contribution >= 0.6 is 0 Å². The van der Waals surface area contributed by atoms with Crippen LogP contribution in [-0.4, -0.2) is 16.1 Å². The predicted molar refractivity (Wildman–Crippen MR) is 84.1 cm³/mol. The fourth-order valence-corrected chi connectivity index (χ4v) is 2.41. The van der Waals surface area contributed by atoms with Gasteiger partial charge in [-0.3, -0.25) is 0 Å². The van der Waals surface area contributed by atoms with Gasteiger partial charge in [0, 0.05) is 18.8 Å². The van der Waals surface area contributed by atoms with Crippen molar-refractivity contribution in [2.24, 2.45) is 0 Å². The molecule has 0 atom stereocenters. The molecule has 0 unspecified atom stereocenters. The monoisotopic (exact) mass is 283 g/mol. The lowest BCUT2D eigenvalue weighted by Gasteiger charge is -2.09. The number of rotatable bonds is 4. The fourth-order valence-electron chi connectivity index (χ4n) is 2.41. The molecule has 0 aliphatic rings. The van der Waals surface area contributed by atoms with Crippen LogP contribution in [0.2, 0.25) is 0 Å². The molecule has 4 heteroatoms. The van der Waals surface area contributed by atoms with Crippen molar-refractivity contribution in [3.63, 3.8) is 0 Å². The van der Waals surface area contributed by atoms with E-state index in [9.17, 15) is 4.39 Å². The molecule has 1 N–H and O–H groups in total. The average Bonchev–Trinajstić information content (AvgIpc) is 2.82. The minimum absolute atomic E-state index is 0.223. The summed E-state index contributed by atoms with van der Waals surface area (Å²) in [6.45, 7) is 5.72. The van der Waals surface area contributed by atoms with Gasteiger partial charge in [0.2, 0.25) is 0 Å². The number of hydrogen-bond acceptors (Lipinski definition) is 2. The Bertz CT molecular complexity index is 777. The lowest BCUT2D eigenvalue weighted by molar-refractivity contribution is 0.628. The highest BCUT2D eigenvalue weighted by Crippen LogP contribution is 2.18. The van der Waals surface area contributed by atoms with Gasteiger partial charge in [-0.2, -0.15) is 0 Å². The van der Waals surface area contributed by atoms with Crippen molar-refractivity contribution < 1.29 is 4.39 Å². The fraction of sp³-hybridized carbons (Fsp3) is 0.235. The van der Waals surface area contributed by atoms with Gasteiger partial charge in [0.1, 0.15) is 5.82 Å². The molecule has 0 bridgehead atoms. The first-order valence-electron chi connectivity index (χ1n) is 7.05. The van der Waals surface area contributed by atoms with Gasteiger partial charge in [-0.25, -0.2) is 9.37 Å². The molecule has 0 aliphatic carbocycles. The van der Waals surface area contributed by atoms with Gasteiger partial charge in [0.25, 0.3) is 0 Å². The molecule has 1 aromatic heterocycles. The topological polar surface area (TPSA) is 29.9 Å². The molecule has 2 aromatic carbocycles. The second-order valence-corrected chi connectivity index (χ2v) is 5.30. The third-order valence-electron chi connectivity index (χ3n) is 3.74. The maximum Gasteiger partial charge on any atom is 0.125 e. The SMILES string of the molecule is Cc1cc2ncn(CCNc3cccc(F)c3)c2cc1C. The van der Waals surface area contributed by atoms with Gasteiger partial charge in [-0.15, -0.1) is 0 Å². The summed E-state index contributed by atoms with van der Waals surface area (Å²) in [5.41, 5.74) is 5.47. The molecule has 0 fully saturated rings. The summed E-state index contributed by atoms with van der Waals surface area (Å²) in [7, 11) is 0. The zero-order valence-corrected chi connectivity index (χ0v) is 12.2. The number of anilines is 1. The predicted octanol–water partition coefficient (Wildman–Crippen LogP) is 3.90. The minimum Gasteiger partial charge on any atom is -0.383 e. The maximum absolute atomic E-state index is 13.1. The Morgan fingerprint density at radius 1 is 1.14 bits per heavy atom. The number of imidazole rings is 1. The number of fused-ring (bicyclic) bond motifs is 1. The average molecular weight is 283 g/mol. The summed E-state index contributed by atoms with van der Waals surface area (Å²) in [6, 6.07) is 10.8.